The molecule has 5 N–H and O–H groups in total. The highest BCUT2D eigenvalue weighted by Gasteiger charge is 2.10. The number of hydrogen-bond donors (Lipinski definition) is 4. The van der Waals surface area contributed by atoms with Gasteiger partial charge in [0.05, 0.1) is 16.8 Å². The zero-order valence-electron chi connectivity index (χ0n) is 14.2. The molecule has 0 aliphatic heterocycles. The van der Waals surface area contributed by atoms with Crippen molar-refractivity contribution in [2.24, 2.45) is 0 Å². The number of carboxylic acid groups (broad SMARTS) is 2. The van der Waals surface area contributed by atoms with Crippen LogP contribution < -0.4 is 11.1 Å². The SMILES string of the molecule is CCC(=O)Nc1ccccc1C(=O)O.I.II.Nc1ccccc1C(=O)O. The van der Waals surface area contributed by atoms with Gasteiger partial charge in [-0.05, 0) is 24.3 Å². The molecule has 27 heavy (non-hydrogen) atoms. The third kappa shape index (κ3) is 10.7. The second-order valence-electron chi connectivity index (χ2n) is 4.64. The van der Waals surface area contributed by atoms with Gasteiger partial charge >= 0.3 is 11.9 Å². The van der Waals surface area contributed by atoms with E-state index in [1.807, 2.05) is 0 Å². The summed E-state index contributed by atoms with van der Waals surface area (Å²) in [6.07, 6.45) is 0.327. The van der Waals surface area contributed by atoms with E-state index in [1.165, 1.54) is 12.1 Å². The molecule has 10 heteroatoms. The van der Waals surface area contributed by atoms with E-state index < -0.39 is 11.9 Å². The average molecular weight is 712 g/mol. The van der Waals surface area contributed by atoms with Gasteiger partial charge in [0, 0.05) is 49.3 Å². The lowest BCUT2D eigenvalue weighted by molar-refractivity contribution is -0.115. The van der Waals surface area contributed by atoms with Gasteiger partial charge in [-0.25, -0.2) is 9.59 Å². The van der Waals surface area contributed by atoms with Crippen LogP contribution in [0.1, 0.15) is 34.1 Å². The summed E-state index contributed by atoms with van der Waals surface area (Å²) in [7, 11) is 0. The van der Waals surface area contributed by atoms with Crippen LogP contribution in [0.15, 0.2) is 48.5 Å². The summed E-state index contributed by atoms with van der Waals surface area (Å²) in [5, 5.41) is 19.8. The molecule has 2 rings (SSSR count). The van der Waals surface area contributed by atoms with Crippen molar-refractivity contribution in [2.75, 3.05) is 11.1 Å². The van der Waals surface area contributed by atoms with Gasteiger partial charge in [-0.1, -0.05) is 31.2 Å². The Bertz CT molecular complexity index is 757. The number of nitrogens with two attached hydrogens (primary N) is 1. The summed E-state index contributed by atoms with van der Waals surface area (Å²) >= 11 is 4.24. The van der Waals surface area contributed by atoms with Crippen LogP contribution >= 0.6 is 61.2 Å². The lowest BCUT2D eigenvalue weighted by Crippen LogP contribution is -2.12. The van der Waals surface area contributed by atoms with Crippen LogP contribution in [0.3, 0.4) is 0 Å². The van der Waals surface area contributed by atoms with E-state index in [4.69, 9.17) is 15.9 Å². The molecule has 0 aliphatic carbocycles. The fourth-order valence-electron chi connectivity index (χ4n) is 1.71. The Kier molecular flexibility index (Phi) is 16.5. The van der Waals surface area contributed by atoms with Gasteiger partial charge in [-0.15, -0.1) is 24.0 Å². The first-order valence-corrected chi connectivity index (χ1v) is 13.5. The quantitative estimate of drug-likeness (QED) is 0.259. The number of nitrogen functional groups attached to an aromatic ring is 1. The normalized spacial score (nSPS) is 8.56. The summed E-state index contributed by atoms with van der Waals surface area (Å²) < 4.78 is 0. The van der Waals surface area contributed by atoms with Crippen molar-refractivity contribution in [2.45, 2.75) is 13.3 Å². The maximum absolute atomic E-state index is 11.1. The molecule has 2 aromatic carbocycles. The Morgan fingerprint density at radius 3 is 1.78 bits per heavy atom. The number of para-hydroxylation sites is 2. The van der Waals surface area contributed by atoms with E-state index in [9.17, 15) is 14.4 Å². The molecule has 0 saturated carbocycles. The van der Waals surface area contributed by atoms with E-state index in [-0.39, 0.29) is 41.0 Å². The molecule has 0 aliphatic rings. The summed E-state index contributed by atoms with van der Waals surface area (Å²) in [6.45, 7) is 1.71. The first-order valence-electron chi connectivity index (χ1n) is 7.21. The molecule has 0 saturated heterocycles. The Balaban J connectivity index is 0. The van der Waals surface area contributed by atoms with E-state index >= 15 is 0 Å². The van der Waals surface area contributed by atoms with Gasteiger partial charge in [0.15, 0.2) is 0 Å². The highest BCUT2D eigenvalue weighted by atomic mass is 128. The molecule has 0 heterocycles. The summed E-state index contributed by atoms with van der Waals surface area (Å²) in [5.41, 5.74) is 6.24. The number of benzene rings is 2. The van der Waals surface area contributed by atoms with Gasteiger partial charge in [-0.2, -0.15) is 0 Å². The Morgan fingerprint density at radius 2 is 1.37 bits per heavy atom. The number of amides is 1. The summed E-state index contributed by atoms with van der Waals surface area (Å²) in [4.78, 5) is 32.1. The van der Waals surface area contributed by atoms with Crippen molar-refractivity contribution in [1.29, 1.82) is 0 Å². The summed E-state index contributed by atoms with van der Waals surface area (Å²) in [6, 6.07) is 12.7. The summed E-state index contributed by atoms with van der Waals surface area (Å²) in [5.74, 6) is -2.23. The van der Waals surface area contributed by atoms with Crippen LogP contribution in [0.2, 0.25) is 0 Å². The van der Waals surface area contributed by atoms with Crippen LogP contribution in [-0.4, -0.2) is 28.1 Å². The second kappa shape index (κ2) is 15.9. The molecule has 7 nitrogen and oxygen atoms in total. The highest BCUT2D eigenvalue weighted by molar-refractivity contribution is 15.0. The average Bonchev–Trinajstić information content (AvgIpc) is 2.64. The molecule has 0 fully saturated rings. The zero-order valence-corrected chi connectivity index (χ0v) is 20.8. The molecule has 0 radical (unpaired) electrons. The number of rotatable bonds is 4. The first-order chi connectivity index (χ1) is 12.4. The Labute approximate surface area is 197 Å². The number of carbonyl (C=O) groups is 3. The molecule has 1 amide bonds. The number of carbonyl (C=O) groups excluding carboxylic acids is 1. The topological polar surface area (TPSA) is 130 Å². The third-order valence-corrected chi connectivity index (χ3v) is 2.94. The standard InChI is InChI=1S/C10H11NO3.C7H7NO2.I2.HI/c1-2-9(12)11-8-6-4-3-5-7(8)10(13)14;8-6-4-2-1-3-5(6)7(9)10;1-2;/h3-6H,2H2,1H3,(H,11,12)(H,13,14);1-4H,8H2,(H,9,10);;1H. The first kappa shape index (κ1) is 28.1. The van der Waals surface area contributed by atoms with Crippen LogP contribution in [-0.2, 0) is 4.79 Å². The van der Waals surface area contributed by atoms with Crippen LogP contribution in [0.25, 0.3) is 0 Å². The van der Waals surface area contributed by atoms with Gasteiger partial charge < -0.3 is 21.3 Å². The number of aromatic carboxylic acids is 2. The van der Waals surface area contributed by atoms with Crippen LogP contribution in [0.5, 0.6) is 0 Å². The predicted octanol–water partition coefficient (Wildman–Crippen LogP) is 5.09. The minimum Gasteiger partial charge on any atom is -0.478 e. The Morgan fingerprint density at radius 1 is 0.926 bits per heavy atom. The number of anilines is 2. The van der Waals surface area contributed by atoms with Crippen molar-refractivity contribution < 1.29 is 24.6 Å². The zero-order chi connectivity index (χ0) is 20.1. The lowest BCUT2D eigenvalue weighted by atomic mass is 10.2. The number of carboxylic acids is 2. The maximum Gasteiger partial charge on any atom is 0.337 e. The van der Waals surface area contributed by atoms with E-state index in [0.717, 1.165) is 0 Å². The van der Waals surface area contributed by atoms with E-state index in [2.05, 4.69) is 42.5 Å². The fraction of sp³-hybridized carbons (Fsp3) is 0.118. The van der Waals surface area contributed by atoms with Crippen LogP contribution in [0, 0.1) is 0 Å². The second-order valence-corrected chi connectivity index (χ2v) is 4.64. The molecule has 148 valence electrons. The van der Waals surface area contributed by atoms with Crippen molar-refractivity contribution in [3.05, 3.63) is 59.7 Å². The van der Waals surface area contributed by atoms with Gasteiger partial charge in [0.1, 0.15) is 0 Å². The fourth-order valence-corrected chi connectivity index (χ4v) is 1.71. The highest BCUT2D eigenvalue weighted by Crippen LogP contribution is 2.14. The monoisotopic (exact) mass is 712 g/mol. The maximum atomic E-state index is 11.1. The molecule has 0 spiro atoms. The largest absolute Gasteiger partial charge is 0.478 e. The molecule has 0 bridgehead atoms. The Hall–Kier alpha value is -1.16. The minimum absolute atomic E-state index is 0. The van der Waals surface area contributed by atoms with Crippen molar-refractivity contribution in [3.8, 4) is 0 Å². The van der Waals surface area contributed by atoms with E-state index in [1.54, 1.807) is 43.3 Å². The molecule has 0 atom stereocenters. The van der Waals surface area contributed by atoms with Crippen molar-refractivity contribution >= 4 is 90.4 Å². The molecular formula is C17H19I3N2O5. The lowest BCUT2D eigenvalue weighted by Gasteiger charge is -2.06. The van der Waals surface area contributed by atoms with Crippen molar-refractivity contribution in [3.63, 3.8) is 0 Å². The minimum atomic E-state index is -1.04. The van der Waals surface area contributed by atoms with Gasteiger partial charge in [-0.3, -0.25) is 4.79 Å². The third-order valence-electron chi connectivity index (χ3n) is 2.94. The van der Waals surface area contributed by atoms with Crippen LogP contribution in [0.4, 0.5) is 11.4 Å². The number of hydrogen-bond acceptors (Lipinski definition) is 4. The predicted molar refractivity (Wildman–Crippen MR) is 134 cm³/mol. The molecule has 2 aromatic rings. The molecule has 0 unspecified atom stereocenters. The number of nitrogens with one attached hydrogen (secondary N) is 1. The smallest absolute Gasteiger partial charge is 0.337 e. The van der Waals surface area contributed by atoms with Crippen molar-refractivity contribution in [1.82, 2.24) is 0 Å². The van der Waals surface area contributed by atoms with Gasteiger partial charge in [0.25, 0.3) is 0 Å². The number of halogens is 3. The van der Waals surface area contributed by atoms with E-state index in [0.29, 0.717) is 17.8 Å². The molecule has 0 aromatic heterocycles. The molecular weight excluding hydrogens is 693 g/mol. The van der Waals surface area contributed by atoms with Gasteiger partial charge in [0.2, 0.25) is 5.91 Å².